The summed E-state index contributed by atoms with van der Waals surface area (Å²) < 4.78 is 16.6. The Bertz CT molecular complexity index is 556. The van der Waals surface area contributed by atoms with Crippen molar-refractivity contribution < 1.29 is 19.0 Å². The van der Waals surface area contributed by atoms with Crippen LogP contribution in [0.25, 0.3) is 6.08 Å². The van der Waals surface area contributed by atoms with E-state index in [4.69, 9.17) is 14.2 Å². The average Bonchev–Trinajstić information content (AvgIpc) is 2.35. The van der Waals surface area contributed by atoms with E-state index in [0.717, 1.165) is 5.56 Å². The number of Topliss-reactive ketones (excluding diaryl/α,β-unsaturated/α-hetero) is 1. The molecule has 0 spiro atoms. The van der Waals surface area contributed by atoms with Crippen LogP contribution in [0.1, 0.15) is 36.7 Å². The SMILES string of the molecule is COc1cc(C(C)=O)c(OC)c2c1OC(C)(C)C=C2. The first-order valence-corrected chi connectivity index (χ1v) is 6.08. The van der Waals surface area contributed by atoms with Gasteiger partial charge in [-0.1, -0.05) is 0 Å². The molecule has 102 valence electrons. The molecule has 1 aliphatic rings. The summed E-state index contributed by atoms with van der Waals surface area (Å²) in [5, 5.41) is 0. The molecule has 0 atom stereocenters. The highest BCUT2D eigenvalue weighted by molar-refractivity contribution is 5.99. The number of methoxy groups -OCH3 is 2. The molecule has 2 rings (SSSR count). The topological polar surface area (TPSA) is 44.8 Å². The summed E-state index contributed by atoms with van der Waals surface area (Å²) in [6, 6.07) is 1.66. The largest absolute Gasteiger partial charge is 0.495 e. The number of rotatable bonds is 3. The molecule has 1 heterocycles. The average molecular weight is 262 g/mol. The summed E-state index contributed by atoms with van der Waals surface area (Å²) in [4.78, 5) is 11.7. The minimum atomic E-state index is -0.414. The van der Waals surface area contributed by atoms with Crippen LogP contribution in [0.15, 0.2) is 12.1 Å². The van der Waals surface area contributed by atoms with Crippen molar-refractivity contribution in [3.63, 3.8) is 0 Å². The quantitative estimate of drug-likeness (QED) is 0.785. The van der Waals surface area contributed by atoms with Crippen molar-refractivity contribution in [1.82, 2.24) is 0 Å². The number of benzene rings is 1. The van der Waals surface area contributed by atoms with E-state index >= 15 is 0 Å². The second-order valence-corrected chi connectivity index (χ2v) is 5.00. The molecule has 0 radical (unpaired) electrons. The van der Waals surface area contributed by atoms with E-state index in [1.165, 1.54) is 6.92 Å². The highest BCUT2D eigenvalue weighted by atomic mass is 16.5. The van der Waals surface area contributed by atoms with E-state index in [2.05, 4.69) is 0 Å². The molecule has 4 heteroatoms. The number of carbonyl (C=O) groups excluding carboxylic acids is 1. The second kappa shape index (κ2) is 4.61. The summed E-state index contributed by atoms with van der Waals surface area (Å²) in [6.45, 7) is 5.41. The Morgan fingerprint density at radius 2 is 1.95 bits per heavy atom. The van der Waals surface area contributed by atoms with Crippen molar-refractivity contribution in [2.24, 2.45) is 0 Å². The third-order valence-electron chi connectivity index (χ3n) is 3.05. The van der Waals surface area contributed by atoms with Gasteiger partial charge in [0.05, 0.1) is 25.3 Å². The first-order valence-electron chi connectivity index (χ1n) is 6.08. The van der Waals surface area contributed by atoms with Crippen LogP contribution in [0.5, 0.6) is 17.2 Å². The molecule has 0 aromatic heterocycles. The lowest BCUT2D eigenvalue weighted by Crippen LogP contribution is -2.28. The zero-order chi connectivity index (χ0) is 14.2. The molecular formula is C15H18O4. The first kappa shape index (κ1) is 13.5. The maximum Gasteiger partial charge on any atom is 0.173 e. The van der Waals surface area contributed by atoms with E-state index in [1.807, 2.05) is 26.0 Å². The molecule has 0 saturated heterocycles. The first-order chi connectivity index (χ1) is 8.89. The van der Waals surface area contributed by atoms with Crippen LogP contribution in [0.4, 0.5) is 0 Å². The monoisotopic (exact) mass is 262 g/mol. The Morgan fingerprint density at radius 1 is 1.26 bits per heavy atom. The highest BCUT2D eigenvalue weighted by Crippen LogP contribution is 2.45. The molecule has 1 aromatic rings. The molecule has 0 bridgehead atoms. The Hall–Kier alpha value is -1.97. The number of hydrogen-bond acceptors (Lipinski definition) is 4. The molecule has 0 saturated carbocycles. The van der Waals surface area contributed by atoms with Gasteiger partial charge in [-0.05, 0) is 39.0 Å². The predicted molar refractivity (Wildman–Crippen MR) is 73.3 cm³/mol. The van der Waals surface area contributed by atoms with Crippen molar-refractivity contribution in [3.05, 3.63) is 23.3 Å². The van der Waals surface area contributed by atoms with Crippen LogP contribution in [-0.4, -0.2) is 25.6 Å². The highest BCUT2D eigenvalue weighted by Gasteiger charge is 2.29. The van der Waals surface area contributed by atoms with Gasteiger partial charge in [0.2, 0.25) is 0 Å². The molecule has 1 aliphatic heterocycles. The number of carbonyl (C=O) groups is 1. The zero-order valence-corrected chi connectivity index (χ0v) is 11.9. The predicted octanol–water partition coefficient (Wildman–Crippen LogP) is 3.09. The minimum absolute atomic E-state index is 0.0730. The van der Waals surface area contributed by atoms with Gasteiger partial charge in [-0.25, -0.2) is 0 Å². The molecule has 0 amide bonds. The zero-order valence-electron chi connectivity index (χ0n) is 11.9. The number of hydrogen-bond donors (Lipinski definition) is 0. The third kappa shape index (κ3) is 2.30. The van der Waals surface area contributed by atoms with Gasteiger partial charge in [-0.2, -0.15) is 0 Å². The number of fused-ring (bicyclic) bond motifs is 1. The number of ether oxygens (including phenoxy) is 3. The van der Waals surface area contributed by atoms with E-state index in [-0.39, 0.29) is 5.78 Å². The fourth-order valence-electron chi connectivity index (χ4n) is 2.11. The summed E-state index contributed by atoms with van der Waals surface area (Å²) in [5.74, 6) is 1.60. The smallest absolute Gasteiger partial charge is 0.173 e. The van der Waals surface area contributed by atoms with Crippen molar-refractivity contribution in [2.75, 3.05) is 14.2 Å². The van der Waals surface area contributed by atoms with Gasteiger partial charge in [-0.3, -0.25) is 4.79 Å². The van der Waals surface area contributed by atoms with E-state index < -0.39 is 5.60 Å². The van der Waals surface area contributed by atoms with Gasteiger partial charge in [-0.15, -0.1) is 0 Å². The van der Waals surface area contributed by atoms with Crippen LogP contribution >= 0.6 is 0 Å². The molecule has 0 aliphatic carbocycles. The molecule has 19 heavy (non-hydrogen) atoms. The molecule has 0 fully saturated rings. The van der Waals surface area contributed by atoms with Crippen molar-refractivity contribution in [2.45, 2.75) is 26.4 Å². The van der Waals surface area contributed by atoms with Gasteiger partial charge < -0.3 is 14.2 Å². The van der Waals surface area contributed by atoms with Gasteiger partial charge in [0.1, 0.15) is 11.4 Å². The van der Waals surface area contributed by atoms with Crippen LogP contribution in [0.2, 0.25) is 0 Å². The van der Waals surface area contributed by atoms with E-state index in [9.17, 15) is 4.79 Å². The maximum absolute atomic E-state index is 11.7. The Labute approximate surface area is 113 Å². The van der Waals surface area contributed by atoms with Crippen molar-refractivity contribution in [1.29, 1.82) is 0 Å². The van der Waals surface area contributed by atoms with E-state index in [1.54, 1.807) is 20.3 Å². The summed E-state index contributed by atoms with van der Waals surface area (Å²) >= 11 is 0. The van der Waals surface area contributed by atoms with Crippen molar-refractivity contribution in [3.8, 4) is 17.2 Å². The fourth-order valence-corrected chi connectivity index (χ4v) is 2.11. The summed E-state index contributed by atoms with van der Waals surface area (Å²) in [6.07, 6.45) is 3.84. The molecule has 0 N–H and O–H groups in total. The fraction of sp³-hybridized carbons (Fsp3) is 0.400. The van der Waals surface area contributed by atoms with Crippen LogP contribution in [0, 0.1) is 0 Å². The van der Waals surface area contributed by atoms with Gasteiger partial charge >= 0.3 is 0 Å². The van der Waals surface area contributed by atoms with Gasteiger partial charge in [0.15, 0.2) is 17.3 Å². The summed E-state index contributed by atoms with van der Waals surface area (Å²) in [5.41, 5.74) is 0.820. The minimum Gasteiger partial charge on any atom is -0.495 e. The summed E-state index contributed by atoms with van der Waals surface area (Å²) in [7, 11) is 3.10. The van der Waals surface area contributed by atoms with Gasteiger partial charge in [0, 0.05) is 0 Å². The molecule has 4 nitrogen and oxygen atoms in total. The normalized spacial score (nSPS) is 15.4. The third-order valence-corrected chi connectivity index (χ3v) is 3.05. The second-order valence-electron chi connectivity index (χ2n) is 5.00. The Kier molecular flexibility index (Phi) is 3.27. The molecular weight excluding hydrogens is 244 g/mol. The molecule has 1 aromatic carbocycles. The maximum atomic E-state index is 11.7. The lowest BCUT2D eigenvalue weighted by atomic mass is 9.97. The van der Waals surface area contributed by atoms with Crippen LogP contribution in [0.3, 0.4) is 0 Å². The Balaban J connectivity index is 2.73. The van der Waals surface area contributed by atoms with Crippen molar-refractivity contribution >= 4 is 11.9 Å². The van der Waals surface area contributed by atoms with E-state index in [0.29, 0.717) is 22.8 Å². The van der Waals surface area contributed by atoms with Crippen LogP contribution in [-0.2, 0) is 0 Å². The lowest BCUT2D eigenvalue weighted by Gasteiger charge is -2.30. The lowest BCUT2D eigenvalue weighted by molar-refractivity contribution is 0.101. The van der Waals surface area contributed by atoms with Crippen LogP contribution < -0.4 is 14.2 Å². The molecule has 0 unspecified atom stereocenters. The standard InChI is InChI=1S/C15H18O4/c1-9(16)11-8-12(17-4)14-10(13(11)18-5)6-7-15(2,3)19-14/h6-8H,1-5H3. The Morgan fingerprint density at radius 3 is 2.47 bits per heavy atom. The van der Waals surface area contributed by atoms with Gasteiger partial charge in [0.25, 0.3) is 0 Å². The number of ketones is 1.